The first-order valence-electron chi connectivity index (χ1n) is 10.9. The van der Waals surface area contributed by atoms with Gasteiger partial charge in [-0.2, -0.15) is 0 Å². The van der Waals surface area contributed by atoms with E-state index in [2.05, 4.69) is 21.3 Å². The molecule has 8 nitrogen and oxygen atoms in total. The van der Waals surface area contributed by atoms with Gasteiger partial charge in [-0.15, -0.1) is 0 Å². The molecule has 3 rings (SSSR count). The number of hydrogen-bond donors (Lipinski definition) is 4. The number of carbonyl (C=O) groups excluding carboxylic acids is 3. The number of ether oxygens (including phenoxy) is 1. The van der Waals surface area contributed by atoms with Crippen molar-refractivity contribution in [2.45, 2.75) is 44.7 Å². The van der Waals surface area contributed by atoms with E-state index in [0.717, 1.165) is 18.4 Å². The molecular weight excluding hydrogens is 408 g/mol. The molecule has 4 N–H and O–H groups in total. The number of amides is 4. The van der Waals surface area contributed by atoms with Gasteiger partial charge in [0.2, 0.25) is 5.91 Å². The van der Waals surface area contributed by atoms with E-state index in [1.54, 1.807) is 24.3 Å². The van der Waals surface area contributed by atoms with Gasteiger partial charge in [0.05, 0.1) is 0 Å². The summed E-state index contributed by atoms with van der Waals surface area (Å²) in [5, 5.41) is 11.3. The Morgan fingerprint density at radius 2 is 1.62 bits per heavy atom. The van der Waals surface area contributed by atoms with Crippen molar-refractivity contribution in [2.24, 2.45) is 0 Å². The van der Waals surface area contributed by atoms with E-state index >= 15 is 0 Å². The number of anilines is 1. The lowest BCUT2D eigenvalue weighted by atomic mass is 9.96. The van der Waals surface area contributed by atoms with E-state index in [4.69, 9.17) is 4.74 Å². The third kappa shape index (κ3) is 6.47. The average molecular weight is 439 g/mol. The lowest BCUT2D eigenvalue weighted by molar-refractivity contribution is -0.123. The molecule has 0 atom stereocenters. The van der Waals surface area contributed by atoms with Gasteiger partial charge >= 0.3 is 6.03 Å². The van der Waals surface area contributed by atoms with Crippen LogP contribution in [-0.2, 0) is 16.1 Å². The highest BCUT2D eigenvalue weighted by atomic mass is 16.5. The molecule has 0 unspecified atom stereocenters. The van der Waals surface area contributed by atoms with E-state index in [-0.39, 0.29) is 24.5 Å². The number of urea groups is 1. The Hall–Kier alpha value is -3.55. The maximum atomic E-state index is 13.1. The average Bonchev–Trinajstić information content (AvgIpc) is 3.28. The molecule has 0 bridgehead atoms. The van der Waals surface area contributed by atoms with Gasteiger partial charge < -0.3 is 26.0 Å². The summed E-state index contributed by atoms with van der Waals surface area (Å²) in [5.41, 5.74) is 0.647. The predicted octanol–water partition coefficient (Wildman–Crippen LogP) is 2.95. The first kappa shape index (κ1) is 23.1. The quantitative estimate of drug-likeness (QED) is 0.483. The molecular formula is C24H30N4O4. The number of benzene rings is 2. The molecule has 0 spiro atoms. The van der Waals surface area contributed by atoms with Gasteiger partial charge in [-0.3, -0.25) is 9.59 Å². The van der Waals surface area contributed by atoms with Crippen molar-refractivity contribution in [1.29, 1.82) is 0 Å². The summed E-state index contributed by atoms with van der Waals surface area (Å²) in [5.74, 6) is 0.105. The fourth-order valence-electron chi connectivity index (χ4n) is 3.71. The van der Waals surface area contributed by atoms with Crippen LogP contribution in [0.5, 0.6) is 5.75 Å². The van der Waals surface area contributed by atoms with E-state index in [9.17, 15) is 14.4 Å². The number of hydrogen-bond acceptors (Lipinski definition) is 4. The number of nitrogens with one attached hydrogen (secondary N) is 4. The van der Waals surface area contributed by atoms with Crippen molar-refractivity contribution < 1.29 is 19.1 Å². The van der Waals surface area contributed by atoms with E-state index < -0.39 is 5.54 Å². The molecule has 0 heterocycles. The van der Waals surface area contributed by atoms with Crippen LogP contribution in [0, 0.1) is 0 Å². The highest BCUT2D eigenvalue weighted by molar-refractivity contribution is 6.00. The molecule has 170 valence electrons. The van der Waals surface area contributed by atoms with Crippen LogP contribution in [0.1, 0.15) is 38.2 Å². The Morgan fingerprint density at radius 3 is 2.28 bits per heavy atom. The molecule has 0 saturated heterocycles. The third-order valence-electron chi connectivity index (χ3n) is 5.40. The van der Waals surface area contributed by atoms with Crippen molar-refractivity contribution in [3.05, 3.63) is 60.2 Å². The van der Waals surface area contributed by atoms with Gasteiger partial charge in [-0.1, -0.05) is 43.2 Å². The van der Waals surface area contributed by atoms with Crippen molar-refractivity contribution in [2.75, 3.05) is 18.5 Å². The van der Waals surface area contributed by atoms with E-state index in [1.165, 1.54) is 0 Å². The summed E-state index contributed by atoms with van der Waals surface area (Å²) in [6.45, 7) is 2.72. The number of rotatable bonds is 9. The van der Waals surface area contributed by atoms with Crippen LogP contribution in [0.25, 0.3) is 0 Å². The Bertz CT molecular complexity index is 909. The molecule has 0 radical (unpaired) electrons. The Labute approximate surface area is 188 Å². The van der Waals surface area contributed by atoms with Gasteiger partial charge in [0, 0.05) is 18.8 Å². The van der Waals surface area contributed by atoms with Crippen LogP contribution in [0.15, 0.2) is 54.6 Å². The molecule has 2 aromatic carbocycles. The zero-order valence-corrected chi connectivity index (χ0v) is 18.3. The highest BCUT2D eigenvalue weighted by Crippen LogP contribution is 2.31. The van der Waals surface area contributed by atoms with Crippen LogP contribution < -0.4 is 26.0 Å². The lowest BCUT2D eigenvalue weighted by Gasteiger charge is -2.29. The summed E-state index contributed by atoms with van der Waals surface area (Å²) in [4.78, 5) is 37.1. The molecule has 32 heavy (non-hydrogen) atoms. The van der Waals surface area contributed by atoms with Crippen molar-refractivity contribution in [3.63, 3.8) is 0 Å². The molecule has 0 aromatic heterocycles. The molecule has 1 aliphatic carbocycles. The van der Waals surface area contributed by atoms with Crippen molar-refractivity contribution >= 4 is 23.5 Å². The molecule has 4 amide bonds. The summed E-state index contributed by atoms with van der Waals surface area (Å²) in [6.07, 6.45) is 2.93. The predicted molar refractivity (Wildman–Crippen MR) is 122 cm³/mol. The van der Waals surface area contributed by atoms with Gasteiger partial charge in [0.1, 0.15) is 11.3 Å². The van der Waals surface area contributed by atoms with Crippen LogP contribution in [0.4, 0.5) is 10.5 Å². The minimum atomic E-state index is -0.936. The fraction of sp³-hybridized carbons (Fsp3) is 0.375. The molecule has 2 aromatic rings. The molecule has 0 aliphatic heterocycles. The monoisotopic (exact) mass is 438 g/mol. The fourth-order valence-corrected chi connectivity index (χ4v) is 3.71. The van der Waals surface area contributed by atoms with Crippen LogP contribution >= 0.6 is 0 Å². The smallest absolute Gasteiger partial charge is 0.315 e. The molecule has 8 heteroatoms. The Balaban J connectivity index is 1.55. The third-order valence-corrected chi connectivity index (χ3v) is 5.40. The second-order valence-electron chi connectivity index (χ2n) is 7.80. The van der Waals surface area contributed by atoms with E-state index in [0.29, 0.717) is 37.4 Å². The first-order chi connectivity index (χ1) is 15.5. The van der Waals surface area contributed by atoms with Crippen molar-refractivity contribution in [3.8, 4) is 5.75 Å². The largest absolute Gasteiger partial charge is 0.484 e. The maximum Gasteiger partial charge on any atom is 0.315 e. The van der Waals surface area contributed by atoms with Gasteiger partial charge in [-0.25, -0.2) is 4.79 Å². The zero-order valence-electron chi connectivity index (χ0n) is 18.3. The van der Waals surface area contributed by atoms with Crippen LogP contribution in [-0.4, -0.2) is 36.5 Å². The molecule has 1 saturated carbocycles. The Kier molecular flexibility index (Phi) is 8.08. The normalized spacial score (nSPS) is 14.3. The minimum Gasteiger partial charge on any atom is -0.484 e. The molecule has 1 fully saturated rings. The van der Waals surface area contributed by atoms with Crippen LogP contribution in [0.3, 0.4) is 0 Å². The summed E-state index contributed by atoms with van der Waals surface area (Å²) < 4.78 is 5.43. The topological polar surface area (TPSA) is 109 Å². The number of likely N-dealkylation sites (N-methyl/N-ethyl adjacent to an activating group) is 1. The minimum absolute atomic E-state index is 0.0648. The van der Waals surface area contributed by atoms with E-state index in [1.807, 2.05) is 37.3 Å². The van der Waals surface area contributed by atoms with Crippen LogP contribution in [0.2, 0.25) is 0 Å². The molecule has 1 aliphatic rings. The second kappa shape index (κ2) is 11.2. The highest BCUT2D eigenvalue weighted by Gasteiger charge is 2.42. The summed E-state index contributed by atoms with van der Waals surface area (Å²) in [6, 6.07) is 16.1. The first-order valence-corrected chi connectivity index (χ1v) is 10.9. The maximum absolute atomic E-state index is 13.1. The standard InChI is InChI=1S/C24H30N4O4/c1-2-25-21(29)17-32-20-12-10-19(11-13-20)27-22(30)24(14-6-7-15-24)28-23(31)26-16-18-8-4-3-5-9-18/h3-5,8-13H,2,6-7,14-17H2,1H3,(H,25,29)(H,27,30)(H2,26,28,31). The van der Waals surface area contributed by atoms with Gasteiger partial charge in [-0.05, 0) is 49.6 Å². The van der Waals surface area contributed by atoms with Gasteiger partial charge in [0.15, 0.2) is 6.61 Å². The SMILES string of the molecule is CCNC(=O)COc1ccc(NC(=O)C2(NC(=O)NCc3ccccc3)CCCC2)cc1. The zero-order chi connectivity index (χ0) is 22.8. The second-order valence-corrected chi connectivity index (χ2v) is 7.80. The number of carbonyl (C=O) groups is 3. The van der Waals surface area contributed by atoms with Gasteiger partial charge in [0.25, 0.3) is 5.91 Å². The summed E-state index contributed by atoms with van der Waals surface area (Å²) in [7, 11) is 0. The Morgan fingerprint density at radius 1 is 0.938 bits per heavy atom. The van der Waals surface area contributed by atoms with Crippen molar-refractivity contribution in [1.82, 2.24) is 16.0 Å². The lowest BCUT2D eigenvalue weighted by Crippen LogP contribution is -2.57. The summed E-state index contributed by atoms with van der Waals surface area (Å²) >= 11 is 0.